The molecule has 17 heavy (non-hydrogen) atoms. The number of ketones is 1. The lowest BCUT2D eigenvalue weighted by Gasteiger charge is -2.07. The van der Waals surface area contributed by atoms with E-state index in [0.717, 1.165) is 5.56 Å². The maximum atomic E-state index is 11.8. The molecule has 0 atom stereocenters. The highest BCUT2D eigenvalue weighted by Crippen LogP contribution is 2.18. The van der Waals surface area contributed by atoms with Gasteiger partial charge in [-0.15, -0.1) is 0 Å². The van der Waals surface area contributed by atoms with Crippen LogP contribution in [0.1, 0.15) is 29.3 Å². The number of carbonyl (C=O) groups is 2. The summed E-state index contributed by atoms with van der Waals surface area (Å²) in [6.45, 7) is 3.80. The van der Waals surface area contributed by atoms with Crippen molar-refractivity contribution in [2.45, 2.75) is 20.3 Å². The first-order valence-electron chi connectivity index (χ1n) is 5.42. The van der Waals surface area contributed by atoms with Crippen LogP contribution in [-0.4, -0.2) is 25.5 Å². The van der Waals surface area contributed by atoms with Gasteiger partial charge in [0.25, 0.3) is 0 Å². The van der Waals surface area contributed by atoms with Crippen LogP contribution in [0.25, 0.3) is 0 Å². The fourth-order valence-electron chi connectivity index (χ4n) is 1.51. The fraction of sp³-hybridized carbons (Fsp3) is 0.385. The average Bonchev–Trinajstić information content (AvgIpc) is 2.28. The highest BCUT2D eigenvalue weighted by molar-refractivity contribution is 6.06. The predicted molar refractivity (Wildman–Crippen MR) is 63.3 cm³/mol. The van der Waals surface area contributed by atoms with Gasteiger partial charge in [-0.1, -0.05) is 0 Å². The van der Waals surface area contributed by atoms with Crippen molar-refractivity contribution in [1.82, 2.24) is 0 Å². The molecule has 1 aromatic carbocycles. The summed E-state index contributed by atoms with van der Waals surface area (Å²) >= 11 is 0. The van der Waals surface area contributed by atoms with Crippen molar-refractivity contribution in [3.05, 3.63) is 29.3 Å². The molecule has 1 aromatic rings. The van der Waals surface area contributed by atoms with Gasteiger partial charge in [0.15, 0.2) is 5.78 Å². The third-order valence-corrected chi connectivity index (χ3v) is 2.34. The number of Topliss-reactive ketones (excluding diaryl/α,β-unsaturated/α-hetero) is 1. The number of hydrogen-bond donors (Lipinski definition) is 0. The Morgan fingerprint density at radius 1 is 1.29 bits per heavy atom. The lowest BCUT2D eigenvalue weighted by molar-refractivity contribution is -0.141. The van der Waals surface area contributed by atoms with Crippen LogP contribution in [0.15, 0.2) is 18.2 Å². The SMILES string of the molecule is CCOC(=O)CC(=O)c1ccc(OC)cc1C. The maximum Gasteiger partial charge on any atom is 0.313 e. The quantitative estimate of drug-likeness (QED) is 0.446. The standard InChI is InChI=1S/C13H16O4/c1-4-17-13(15)8-12(14)11-6-5-10(16-3)7-9(11)2/h5-7H,4,8H2,1-3H3. The summed E-state index contributed by atoms with van der Waals surface area (Å²) in [6.07, 6.45) is -0.221. The van der Waals surface area contributed by atoms with Crippen molar-refractivity contribution < 1.29 is 19.1 Å². The molecule has 0 saturated carbocycles. The highest BCUT2D eigenvalue weighted by atomic mass is 16.5. The summed E-state index contributed by atoms with van der Waals surface area (Å²) in [7, 11) is 1.56. The molecular weight excluding hydrogens is 220 g/mol. The third-order valence-electron chi connectivity index (χ3n) is 2.34. The summed E-state index contributed by atoms with van der Waals surface area (Å²) in [4.78, 5) is 23.0. The Hall–Kier alpha value is -1.84. The van der Waals surface area contributed by atoms with E-state index >= 15 is 0 Å². The van der Waals surface area contributed by atoms with Gasteiger partial charge in [-0.2, -0.15) is 0 Å². The van der Waals surface area contributed by atoms with Gasteiger partial charge in [0, 0.05) is 5.56 Å². The Labute approximate surface area is 101 Å². The molecule has 0 fully saturated rings. The number of hydrogen-bond acceptors (Lipinski definition) is 4. The minimum absolute atomic E-state index is 0.221. The summed E-state index contributed by atoms with van der Waals surface area (Å²) in [5, 5.41) is 0. The molecular formula is C13H16O4. The van der Waals surface area contributed by atoms with Crippen LogP contribution in [0.2, 0.25) is 0 Å². The first-order chi connectivity index (χ1) is 8.08. The molecule has 0 saturated heterocycles. The van der Waals surface area contributed by atoms with E-state index in [-0.39, 0.29) is 18.8 Å². The van der Waals surface area contributed by atoms with Gasteiger partial charge in [-0.05, 0) is 37.6 Å². The molecule has 0 heterocycles. The molecule has 0 bridgehead atoms. The molecule has 0 aliphatic heterocycles. The zero-order valence-corrected chi connectivity index (χ0v) is 10.3. The monoisotopic (exact) mass is 236 g/mol. The Morgan fingerprint density at radius 3 is 2.53 bits per heavy atom. The Morgan fingerprint density at radius 2 is 2.00 bits per heavy atom. The number of carbonyl (C=O) groups excluding carboxylic acids is 2. The van der Waals surface area contributed by atoms with E-state index < -0.39 is 5.97 Å². The van der Waals surface area contributed by atoms with Gasteiger partial charge < -0.3 is 9.47 Å². The third kappa shape index (κ3) is 3.59. The molecule has 0 N–H and O–H groups in total. The number of ether oxygens (including phenoxy) is 2. The number of benzene rings is 1. The van der Waals surface area contributed by atoms with Crippen molar-refractivity contribution in [3.8, 4) is 5.75 Å². The molecule has 4 nitrogen and oxygen atoms in total. The van der Waals surface area contributed by atoms with E-state index in [1.54, 1.807) is 39.2 Å². The number of aryl methyl sites for hydroxylation is 1. The summed E-state index contributed by atoms with van der Waals surface area (Å²) in [5.41, 5.74) is 1.32. The van der Waals surface area contributed by atoms with E-state index in [9.17, 15) is 9.59 Å². The van der Waals surface area contributed by atoms with Crippen molar-refractivity contribution >= 4 is 11.8 Å². The van der Waals surface area contributed by atoms with E-state index in [1.807, 2.05) is 0 Å². The molecule has 0 aromatic heterocycles. The summed E-state index contributed by atoms with van der Waals surface area (Å²) in [6, 6.07) is 5.12. The zero-order chi connectivity index (χ0) is 12.8. The van der Waals surface area contributed by atoms with Crippen molar-refractivity contribution in [3.63, 3.8) is 0 Å². The predicted octanol–water partition coefficient (Wildman–Crippen LogP) is 2.14. The highest BCUT2D eigenvalue weighted by Gasteiger charge is 2.14. The molecule has 0 aliphatic carbocycles. The second-order valence-corrected chi connectivity index (χ2v) is 3.59. The smallest absolute Gasteiger partial charge is 0.313 e. The lowest BCUT2D eigenvalue weighted by Crippen LogP contribution is -2.12. The molecule has 0 radical (unpaired) electrons. The van der Waals surface area contributed by atoms with Crippen LogP contribution < -0.4 is 4.74 Å². The van der Waals surface area contributed by atoms with Crippen molar-refractivity contribution in [1.29, 1.82) is 0 Å². The maximum absolute atomic E-state index is 11.8. The molecule has 0 amide bonds. The fourth-order valence-corrected chi connectivity index (χ4v) is 1.51. The van der Waals surface area contributed by atoms with Crippen LogP contribution in [0.5, 0.6) is 5.75 Å². The van der Waals surface area contributed by atoms with E-state index in [0.29, 0.717) is 11.3 Å². The van der Waals surface area contributed by atoms with Crippen LogP contribution in [0, 0.1) is 6.92 Å². The van der Waals surface area contributed by atoms with E-state index in [1.165, 1.54) is 0 Å². The van der Waals surface area contributed by atoms with Crippen molar-refractivity contribution in [2.75, 3.05) is 13.7 Å². The van der Waals surface area contributed by atoms with Gasteiger partial charge in [-0.25, -0.2) is 0 Å². The normalized spacial score (nSPS) is 9.82. The molecule has 92 valence electrons. The van der Waals surface area contributed by atoms with Crippen molar-refractivity contribution in [2.24, 2.45) is 0 Å². The van der Waals surface area contributed by atoms with Crippen LogP contribution >= 0.6 is 0 Å². The Balaban J connectivity index is 2.79. The summed E-state index contributed by atoms with van der Waals surface area (Å²) in [5.74, 6) is -0.0356. The Bertz CT molecular complexity index is 423. The average molecular weight is 236 g/mol. The number of rotatable bonds is 5. The summed E-state index contributed by atoms with van der Waals surface area (Å²) < 4.78 is 9.78. The largest absolute Gasteiger partial charge is 0.497 e. The van der Waals surface area contributed by atoms with Gasteiger partial charge in [0.1, 0.15) is 12.2 Å². The Kier molecular flexibility index (Phi) is 4.69. The zero-order valence-electron chi connectivity index (χ0n) is 10.3. The van der Waals surface area contributed by atoms with Gasteiger partial charge in [-0.3, -0.25) is 9.59 Å². The van der Waals surface area contributed by atoms with Gasteiger partial charge in [0.2, 0.25) is 0 Å². The van der Waals surface area contributed by atoms with E-state index in [2.05, 4.69) is 0 Å². The second-order valence-electron chi connectivity index (χ2n) is 3.59. The van der Waals surface area contributed by atoms with Gasteiger partial charge >= 0.3 is 5.97 Å². The molecule has 0 unspecified atom stereocenters. The first-order valence-corrected chi connectivity index (χ1v) is 5.42. The van der Waals surface area contributed by atoms with Crippen LogP contribution in [-0.2, 0) is 9.53 Å². The number of methoxy groups -OCH3 is 1. The van der Waals surface area contributed by atoms with Crippen LogP contribution in [0.3, 0.4) is 0 Å². The van der Waals surface area contributed by atoms with E-state index in [4.69, 9.17) is 9.47 Å². The molecule has 1 rings (SSSR count). The molecule has 0 spiro atoms. The first kappa shape index (κ1) is 13.2. The number of esters is 1. The van der Waals surface area contributed by atoms with Gasteiger partial charge in [0.05, 0.1) is 13.7 Å². The van der Waals surface area contributed by atoms with Crippen LogP contribution in [0.4, 0.5) is 0 Å². The minimum atomic E-state index is -0.493. The lowest BCUT2D eigenvalue weighted by atomic mass is 10.0. The minimum Gasteiger partial charge on any atom is -0.497 e. The molecule has 4 heteroatoms. The second kappa shape index (κ2) is 6.03. The topological polar surface area (TPSA) is 52.6 Å². The molecule has 0 aliphatic rings.